The molecule has 0 bridgehead atoms. The third-order valence-corrected chi connectivity index (χ3v) is 8.74. The minimum absolute atomic E-state index is 0.0788. The van der Waals surface area contributed by atoms with Gasteiger partial charge in [0.1, 0.15) is 0 Å². The Balaban J connectivity index is 1.86. The molecule has 0 radical (unpaired) electrons. The summed E-state index contributed by atoms with van der Waals surface area (Å²) in [5.74, 6) is -0.638. The average molecular weight is 584 g/mol. The molecule has 3 aromatic rings. The van der Waals surface area contributed by atoms with Crippen LogP contribution in [0.5, 0.6) is 11.5 Å². The number of aryl methyl sites for hydroxylation is 3. The fourth-order valence-electron chi connectivity index (χ4n) is 4.51. The predicted molar refractivity (Wildman–Crippen MR) is 155 cm³/mol. The second kappa shape index (κ2) is 11.9. The van der Waals surface area contributed by atoms with E-state index in [9.17, 15) is 19.5 Å². The lowest BCUT2D eigenvalue weighted by Crippen LogP contribution is -2.31. The Kier molecular flexibility index (Phi) is 8.74. The van der Waals surface area contributed by atoms with E-state index >= 15 is 0 Å². The summed E-state index contributed by atoms with van der Waals surface area (Å²) in [4.78, 5) is 50.5. The molecule has 3 heterocycles. The van der Waals surface area contributed by atoms with Crippen LogP contribution in [0.3, 0.4) is 0 Å². The lowest BCUT2D eigenvalue weighted by Gasteiger charge is -2.25. The number of hydrogen-bond acceptors (Lipinski definition) is 10. The van der Waals surface area contributed by atoms with E-state index < -0.39 is 23.5 Å². The maximum atomic E-state index is 13.9. The lowest BCUT2D eigenvalue weighted by atomic mass is 9.95. The molecule has 1 N–H and O–H groups in total. The number of anilines is 1. The molecule has 0 fully saturated rings. The summed E-state index contributed by atoms with van der Waals surface area (Å²) in [6.45, 7) is 13.6. The summed E-state index contributed by atoms with van der Waals surface area (Å²) in [5.41, 5.74) is 1.43. The molecule has 1 aliphatic heterocycles. The van der Waals surface area contributed by atoms with E-state index in [-0.39, 0.29) is 16.5 Å². The van der Waals surface area contributed by atoms with Crippen molar-refractivity contribution in [3.8, 4) is 11.5 Å². The molecular weight excluding hydrogens is 550 g/mol. The third kappa shape index (κ3) is 5.66. The Morgan fingerprint density at radius 1 is 1.05 bits per heavy atom. The number of rotatable bonds is 11. The van der Waals surface area contributed by atoms with Crippen molar-refractivity contribution in [1.82, 2.24) is 9.97 Å². The number of aliphatic hydroxyl groups excluding tert-OH is 1. The normalized spacial score (nSPS) is 15.3. The zero-order valence-corrected chi connectivity index (χ0v) is 25.3. The van der Waals surface area contributed by atoms with Gasteiger partial charge in [-0.05, 0) is 57.7 Å². The molecular formula is C29H33N3O6S2. The number of benzene rings is 1. The van der Waals surface area contributed by atoms with Gasteiger partial charge >= 0.3 is 0 Å². The van der Waals surface area contributed by atoms with Crippen LogP contribution in [0, 0.1) is 26.7 Å². The number of aliphatic hydroxyl groups is 1. The summed E-state index contributed by atoms with van der Waals surface area (Å²) in [5, 5.41) is 12.0. The van der Waals surface area contributed by atoms with Gasteiger partial charge in [0.05, 0.1) is 51.0 Å². The molecule has 0 saturated carbocycles. The molecule has 1 aliphatic rings. The molecule has 1 atom stereocenters. The van der Waals surface area contributed by atoms with E-state index in [4.69, 9.17) is 9.47 Å². The van der Waals surface area contributed by atoms with Gasteiger partial charge in [0.2, 0.25) is 5.78 Å². The van der Waals surface area contributed by atoms with Crippen molar-refractivity contribution in [2.75, 3.05) is 18.1 Å². The fourth-order valence-corrected chi connectivity index (χ4v) is 6.38. The second-order valence-corrected chi connectivity index (χ2v) is 12.1. The van der Waals surface area contributed by atoms with Gasteiger partial charge in [0.15, 0.2) is 28.2 Å². The van der Waals surface area contributed by atoms with Gasteiger partial charge in [0.25, 0.3) is 5.91 Å². The van der Waals surface area contributed by atoms with Crippen molar-refractivity contribution < 1.29 is 29.0 Å². The summed E-state index contributed by atoms with van der Waals surface area (Å²) >= 11 is 2.25. The first-order chi connectivity index (χ1) is 18.9. The standard InChI is InChI=1S/C29H33N3O6S2/c1-8-37-21-13-19(9-10-20(21)38-12-11-14(2)3)23-22(24(34)27-16(5)30-18(7)39-27)25(35)28(36)32(23)29-31-15(4)26(40-29)17(6)33/h9-10,13-14,23,35H,8,11-12H2,1-7H3. The third-order valence-electron chi connectivity index (χ3n) is 6.41. The highest BCUT2D eigenvalue weighted by atomic mass is 32.1. The minimum atomic E-state index is -1.02. The quantitative estimate of drug-likeness (QED) is 0.260. The van der Waals surface area contributed by atoms with Gasteiger partial charge in [0, 0.05) is 6.92 Å². The lowest BCUT2D eigenvalue weighted by molar-refractivity contribution is -0.117. The first-order valence-electron chi connectivity index (χ1n) is 13.1. The molecule has 0 spiro atoms. The Labute approximate surface area is 241 Å². The Morgan fingerprint density at radius 2 is 1.75 bits per heavy atom. The number of carbonyl (C=O) groups excluding carboxylic acids is 3. The topological polar surface area (TPSA) is 119 Å². The summed E-state index contributed by atoms with van der Waals surface area (Å²) in [6, 6.07) is 4.21. The Morgan fingerprint density at radius 3 is 2.33 bits per heavy atom. The molecule has 9 nitrogen and oxygen atoms in total. The van der Waals surface area contributed by atoms with E-state index in [0.717, 1.165) is 17.8 Å². The number of nitrogens with zero attached hydrogens (tertiary/aromatic N) is 3. The number of aromatic nitrogens is 2. The van der Waals surface area contributed by atoms with Crippen LogP contribution in [0.1, 0.15) is 81.5 Å². The predicted octanol–water partition coefficient (Wildman–Crippen LogP) is 6.33. The Hall–Kier alpha value is -3.57. The first-order valence-corrected chi connectivity index (χ1v) is 14.7. The van der Waals surface area contributed by atoms with Crippen molar-refractivity contribution in [1.29, 1.82) is 0 Å². The van der Waals surface area contributed by atoms with Gasteiger partial charge in [-0.15, -0.1) is 11.3 Å². The molecule has 0 saturated heterocycles. The summed E-state index contributed by atoms with van der Waals surface area (Å²) in [6.07, 6.45) is 0.864. The average Bonchev–Trinajstić information content (AvgIpc) is 3.52. The molecule has 2 aromatic heterocycles. The SMILES string of the molecule is CCOc1cc(C2C(C(=O)c3sc(C)nc3C)=C(O)C(=O)N2c2nc(C)c(C(C)=O)s2)ccc1OCCC(C)C. The first kappa shape index (κ1) is 29.4. The smallest absolute Gasteiger partial charge is 0.296 e. The van der Waals surface area contributed by atoms with E-state index in [1.807, 2.05) is 6.92 Å². The van der Waals surface area contributed by atoms with Crippen LogP contribution in [0.15, 0.2) is 29.5 Å². The number of thiazole rings is 2. The summed E-state index contributed by atoms with van der Waals surface area (Å²) < 4.78 is 11.9. The van der Waals surface area contributed by atoms with Crippen LogP contribution in [0.25, 0.3) is 0 Å². The molecule has 1 unspecified atom stereocenters. The van der Waals surface area contributed by atoms with E-state index in [2.05, 4.69) is 23.8 Å². The van der Waals surface area contributed by atoms with Crippen molar-refractivity contribution >= 4 is 45.3 Å². The van der Waals surface area contributed by atoms with Crippen molar-refractivity contribution in [3.05, 3.63) is 61.2 Å². The number of Topliss-reactive ketones (excluding diaryl/α,β-unsaturated/α-hetero) is 2. The van der Waals surface area contributed by atoms with Crippen molar-refractivity contribution in [2.45, 2.75) is 60.9 Å². The largest absolute Gasteiger partial charge is 0.503 e. The zero-order chi connectivity index (χ0) is 29.3. The molecule has 1 amide bonds. The molecule has 1 aromatic carbocycles. The molecule has 0 aliphatic carbocycles. The molecule has 11 heteroatoms. The van der Waals surface area contributed by atoms with Gasteiger partial charge in [-0.3, -0.25) is 19.3 Å². The minimum Gasteiger partial charge on any atom is -0.503 e. The number of ether oxygens (including phenoxy) is 2. The molecule has 212 valence electrons. The van der Waals surface area contributed by atoms with E-state index in [0.29, 0.717) is 62.3 Å². The highest BCUT2D eigenvalue weighted by Crippen LogP contribution is 2.46. The second-order valence-electron chi connectivity index (χ2n) is 9.95. The van der Waals surface area contributed by atoms with Crippen LogP contribution in [0.4, 0.5) is 5.13 Å². The highest BCUT2D eigenvalue weighted by Gasteiger charge is 2.47. The van der Waals surface area contributed by atoms with Gasteiger partial charge in [-0.1, -0.05) is 31.3 Å². The number of hydrogen-bond donors (Lipinski definition) is 1. The number of ketones is 2. The molecule has 4 rings (SSSR count). The molecule has 40 heavy (non-hydrogen) atoms. The van der Waals surface area contributed by atoms with Crippen LogP contribution < -0.4 is 14.4 Å². The van der Waals surface area contributed by atoms with E-state index in [1.54, 1.807) is 39.0 Å². The van der Waals surface area contributed by atoms with Crippen molar-refractivity contribution in [2.24, 2.45) is 5.92 Å². The van der Waals surface area contributed by atoms with Crippen LogP contribution >= 0.6 is 22.7 Å². The zero-order valence-electron chi connectivity index (χ0n) is 23.7. The maximum Gasteiger partial charge on any atom is 0.296 e. The number of amides is 1. The Bertz CT molecular complexity index is 1500. The van der Waals surface area contributed by atoms with Gasteiger partial charge < -0.3 is 14.6 Å². The van der Waals surface area contributed by atoms with Crippen LogP contribution in [0.2, 0.25) is 0 Å². The van der Waals surface area contributed by atoms with Crippen molar-refractivity contribution in [3.63, 3.8) is 0 Å². The van der Waals surface area contributed by atoms with Gasteiger partial charge in [-0.25, -0.2) is 9.97 Å². The summed E-state index contributed by atoms with van der Waals surface area (Å²) in [7, 11) is 0. The van der Waals surface area contributed by atoms with E-state index in [1.165, 1.54) is 23.2 Å². The monoisotopic (exact) mass is 583 g/mol. The fraction of sp³-hybridized carbons (Fsp3) is 0.414. The maximum absolute atomic E-state index is 13.9. The van der Waals surface area contributed by atoms with Crippen LogP contribution in [-0.2, 0) is 4.79 Å². The highest BCUT2D eigenvalue weighted by molar-refractivity contribution is 7.18. The number of carbonyl (C=O) groups is 3. The van der Waals surface area contributed by atoms with Gasteiger partial charge in [-0.2, -0.15) is 0 Å². The van der Waals surface area contributed by atoms with Crippen LogP contribution in [-0.4, -0.2) is 45.8 Å².